The van der Waals surface area contributed by atoms with Gasteiger partial charge in [0, 0.05) is 52.6 Å². The minimum atomic E-state index is -0.933. The lowest BCUT2D eigenvalue weighted by molar-refractivity contribution is -0.119. The zero-order chi connectivity index (χ0) is 30.8. The summed E-state index contributed by atoms with van der Waals surface area (Å²) in [6, 6.07) is 16.1. The van der Waals surface area contributed by atoms with Crippen molar-refractivity contribution >= 4 is 23.9 Å². The number of rotatable bonds is 8. The van der Waals surface area contributed by atoms with Crippen LogP contribution in [0.5, 0.6) is 5.75 Å². The quantitative estimate of drug-likeness (QED) is 0.281. The van der Waals surface area contributed by atoms with Crippen LogP contribution in [0.2, 0.25) is 0 Å². The second-order valence-electron chi connectivity index (χ2n) is 10.7. The average molecular weight is 589 g/mol. The van der Waals surface area contributed by atoms with Gasteiger partial charge in [0.05, 0.1) is 20.0 Å². The first-order chi connectivity index (χ1) is 21.3. The molecule has 222 valence electrons. The molecule has 10 heteroatoms. The highest BCUT2D eigenvalue weighted by molar-refractivity contribution is 5.99. The molecule has 0 spiro atoms. The normalized spacial score (nSPS) is 14.5. The van der Waals surface area contributed by atoms with Crippen LogP contribution in [0, 0.1) is 6.92 Å². The number of nitrogens with two attached hydrogens (primary N) is 1. The number of fused-ring (bicyclic) bond motifs is 2. The fourth-order valence-electron chi connectivity index (χ4n) is 5.67. The lowest BCUT2D eigenvalue weighted by Gasteiger charge is -2.26. The van der Waals surface area contributed by atoms with Gasteiger partial charge in [-0.15, -0.1) is 0 Å². The van der Waals surface area contributed by atoms with E-state index in [0.717, 1.165) is 39.4 Å². The van der Waals surface area contributed by atoms with Crippen LogP contribution in [-0.2, 0) is 17.8 Å². The summed E-state index contributed by atoms with van der Waals surface area (Å²) in [4.78, 5) is 48.4. The maximum Gasteiger partial charge on any atom is 0.268 e. The molecule has 0 unspecified atom stereocenters. The molecule has 2 aliphatic rings. The molecule has 3 heterocycles. The van der Waals surface area contributed by atoms with Gasteiger partial charge in [-0.2, -0.15) is 0 Å². The van der Waals surface area contributed by atoms with E-state index in [1.165, 1.54) is 6.33 Å². The first kappa shape index (κ1) is 28.5. The molecule has 44 heavy (non-hydrogen) atoms. The molecule has 0 saturated carbocycles. The summed E-state index contributed by atoms with van der Waals surface area (Å²) in [7, 11) is 1.64. The Hall–Kier alpha value is -5.64. The number of methoxy groups -OCH3 is 1. The highest BCUT2D eigenvalue weighted by atomic mass is 16.5. The van der Waals surface area contributed by atoms with Crippen LogP contribution in [0.1, 0.15) is 44.2 Å². The van der Waals surface area contributed by atoms with Crippen molar-refractivity contribution in [2.75, 3.05) is 7.11 Å². The molecule has 1 aliphatic carbocycles. The molecule has 3 amide bonds. The van der Waals surface area contributed by atoms with Gasteiger partial charge < -0.3 is 30.2 Å². The van der Waals surface area contributed by atoms with E-state index in [-0.39, 0.29) is 18.9 Å². The van der Waals surface area contributed by atoms with Crippen molar-refractivity contribution in [3.05, 3.63) is 125 Å². The fourth-order valence-corrected chi connectivity index (χ4v) is 5.67. The van der Waals surface area contributed by atoms with Gasteiger partial charge in [0.2, 0.25) is 5.91 Å². The predicted molar refractivity (Wildman–Crippen MR) is 166 cm³/mol. The lowest BCUT2D eigenvalue weighted by Crippen LogP contribution is -2.46. The number of carbonyl (C=O) groups excluding carboxylic acids is 3. The number of nitrogens with zero attached hydrogens (tertiary/aromatic N) is 3. The molecule has 10 nitrogen and oxygen atoms in total. The van der Waals surface area contributed by atoms with Crippen molar-refractivity contribution < 1.29 is 19.1 Å². The third-order valence-corrected chi connectivity index (χ3v) is 7.90. The van der Waals surface area contributed by atoms with E-state index in [2.05, 4.69) is 15.3 Å². The standard InChI is InChI=1S/C34H32N6O4/c1-21-15-22(11-13-26(21)27-8-4-6-10-31(27)44-2)34(43)40-19-25-12-14-30(39(25)18-23-7-3-5-9-29(23)40)33(42)38-28(32(35)41)16-24-17-36-20-37-24/h3-4,6-15,17-18,20,28H,5,16,19H2,1-2H3,(H2,35,41)(H,36,37)(H,38,42)/t28-/m0/s1. The summed E-state index contributed by atoms with van der Waals surface area (Å²) >= 11 is 0. The zero-order valence-electron chi connectivity index (χ0n) is 24.4. The first-order valence-electron chi connectivity index (χ1n) is 14.3. The molecule has 1 aliphatic heterocycles. The lowest BCUT2D eigenvalue weighted by atomic mass is 9.97. The largest absolute Gasteiger partial charge is 0.496 e. The molecule has 1 atom stereocenters. The van der Waals surface area contributed by atoms with E-state index in [1.54, 1.807) is 28.8 Å². The summed E-state index contributed by atoms with van der Waals surface area (Å²) in [5.41, 5.74) is 12.4. The highest BCUT2D eigenvalue weighted by Gasteiger charge is 2.29. The van der Waals surface area contributed by atoms with E-state index >= 15 is 0 Å². The number of aromatic nitrogens is 3. The van der Waals surface area contributed by atoms with Crippen molar-refractivity contribution in [3.8, 4) is 16.9 Å². The number of imidazole rings is 1. The number of hydrogen-bond donors (Lipinski definition) is 3. The summed E-state index contributed by atoms with van der Waals surface area (Å²) in [5, 5.41) is 2.76. The van der Waals surface area contributed by atoms with Crippen LogP contribution in [0.4, 0.5) is 0 Å². The third-order valence-electron chi connectivity index (χ3n) is 7.90. The van der Waals surface area contributed by atoms with Gasteiger partial charge in [0.15, 0.2) is 0 Å². The van der Waals surface area contributed by atoms with Gasteiger partial charge in [0.1, 0.15) is 17.5 Å². The number of amides is 3. The molecule has 0 fully saturated rings. The van der Waals surface area contributed by atoms with Crippen LogP contribution in [0.25, 0.3) is 17.3 Å². The SMILES string of the molecule is COc1ccccc1-c1ccc(C(=O)N2Cc3ccc(C(=O)N[C@@H](Cc4cnc[nH]4)C(N)=O)n3C=C3C=CCC=C32)cc1C. The number of carbonyl (C=O) groups is 3. The Balaban J connectivity index is 1.30. The van der Waals surface area contributed by atoms with Gasteiger partial charge in [-0.3, -0.25) is 14.4 Å². The molecule has 6 rings (SSSR count). The predicted octanol–water partition coefficient (Wildman–Crippen LogP) is 4.36. The molecule has 2 aromatic carbocycles. The number of hydrogen-bond acceptors (Lipinski definition) is 5. The number of primary amides is 1. The van der Waals surface area contributed by atoms with Gasteiger partial charge in [0.25, 0.3) is 11.8 Å². The molecule has 4 aromatic rings. The Bertz CT molecular complexity index is 1850. The van der Waals surface area contributed by atoms with Gasteiger partial charge in [-0.1, -0.05) is 42.5 Å². The monoisotopic (exact) mass is 588 g/mol. The van der Waals surface area contributed by atoms with Crippen molar-refractivity contribution in [3.63, 3.8) is 0 Å². The third kappa shape index (κ3) is 5.45. The Morgan fingerprint density at radius 1 is 1.11 bits per heavy atom. The van der Waals surface area contributed by atoms with Gasteiger partial charge >= 0.3 is 0 Å². The summed E-state index contributed by atoms with van der Waals surface area (Å²) < 4.78 is 7.33. The number of aromatic amines is 1. The van der Waals surface area contributed by atoms with E-state index in [1.807, 2.05) is 79.9 Å². The second-order valence-corrected chi connectivity index (χ2v) is 10.7. The summed E-state index contributed by atoms with van der Waals surface area (Å²) in [6.07, 6.45) is 11.8. The first-order valence-corrected chi connectivity index (χ1v) is 14.3. The van der Waals surface area contributed by atoms with Crippen molar-refractivity contribution in [1.82, 2.24) is 24.8 Å². The zero-order valence-corrected chi connectivity index (χ0v) is 24.4. The second kappa shape index (κ2) is 11.9. The van der Waals surface area contributed by atoms with Crippen molar-refractivity contribution in [1.29, 1.82) is 0 Å². The van der Waals surface area contributed by atoms with E-state index < -0.39 is 17.9 Å². The minimum absolute atomic E-state index is 0.152. The maximum atomic E-state index is 14.1. The van der Waals surface area contributed by atoms with Crippen LogP contribution in [0.15, 0.2) is 96.6 Å². The fraction of sp³-hybridized carbons (Fsp3) is 0.176. The number of H-pyrrole nitrogens is 1. The molecular weight excluding hydrogens is 556 g/mol. The average Bonchev–Trinajstić information content (AvgIpc) is 3.66. The van der Waals surface area contributed by atoms with Gasteiger partial charge in [-0.25, -0.2) is 4.98 Å². The van der Waals surface area contributed by atoms with E-state index in [4.69, 9.17) is 10.5 Å². The van der Waals surface area contributed by atoms with E-state index in [9.17, 15) is 14.4 Å². The Labute approximate surface area is 254 Å². The minimum Gasteiger partial charge on any atom is -0.496 e. The topological polar surface area (TPSA) is 135 Å². The molecule has 0 saturated heterocycles. The van der Waals surface area contributed by atoms with Gasteiger partial charge in [-0.05, 0) is 54.8 Å². The number of benzene rings is 2. The Morgan fingerprint density at radius 3 is 2.70 bits per heavy atom. The number of para-hydroxylation sites is 1. The number of ether oxygens (including phenoxy) is 1. The molecule has 4 N–H and O–H groups in total. The summed E-state index contributed by atoms with van der Waals surface area (Å²) in [5.74, 6) is -0.497. The molecular formula is C34H32N6O4. The molecule has 0 bridgehead atoms. The van der Waals surface area contributed by atoms with Crippen molar-refractivity contribution in [2.24, 2.45) is 5.73 Å². The van der Waals surface area contributed by atoms with Crippen LogP contribution >= 0.6 is 0 Å². The van der Waals surface area contributed by atoms with Crippen LogP contribution in [0.3, 0.4) is 0 Å². The summed E-state index contributed by atoms with van der Waals surface area (Å²) in [6.45, 7) is 2.23. The van der Waals surface area contributed by atoms with E-state index in [0.29, 0.717) is 23.4 Å². The Morgan fingerprint density at radius 2 is 1.95 bits per heavy atom. The Kier molecular flexibility index (Phi) is 7.72. The molecule has 2 aromatic heterocycles. The highest BCUT2D eigenvalue weighted by Crippen LogP contribution is 2.34. The molecule has 0 radical (unpaired) electrons. The van der Waals surface area contributed by atoms with Crippen LogP contribution < -0.4 is 15.8 Å². The number of nitrogens with one attached hydrogen (secondary N) is 2. The van der Waals surface area contributed by atoms with Crippen LogP contribution in [-0.4, -0.2) is 50.3 Å². The smallest absolute Gasteiger partial charge is 0.268 e. The number of allylic oxidation sites excluding steroid dienone is 3. The maximum absolute atomic E-state index is 14.1. The van der Waals surface area contributed by atoms with Crippen molar-refractivity contribution in [2.45, 2.75) is 32.4 Å². The number of aryl methyl sites for hydroxylation is 1.